The lowest BCUT2D eigenvalue weighted by Gasteiger charge is -2.11. The molecule has 2 aromatic carbocycles. The molecule has 2 heterocycles. The Bertz CT molecular complexity index is 1340. The maximum atomic E-state index is 12.6. The SMILES string of the molecule is Cc1cc(C)n(-c2cc(Oc3ccc(NS(=O)(=O)c4ccccc4Br)cc3)ncn2)n1. The summed E-state index contributed by atoms with van der Waals surface area (Å²) in [5.41, 5.74) is 2.25. The summed E-state index contributed by atoms with van der Waals surface area (Å²) < 4.78 is 35.8. The van der Waals surface area contributed by atoms with Gasteiger partial charge in [-0.3, -0.25) is 4.72 Å². The fraction of sp³-hybridized carbons (Fsp3) is 0.0952. The highest BCUT2D eigenvalue weighted by Crippen LogP contribution is 2.26. The number of anilines is 1. The van der Waals surface area contributed by atoms with Crippen molar-refractivity contribution in [2.75, 3.05) is 4.72 Å². The highest BCUT2D eigenvalue weighted by Gasteiger charge is 2.17. The van der Waals surface area contributed by atoms with Crippen molar-refractivity contribution in [3.05, 3.63) is 82.9 Å². The van der Waals surface area contributed by atoms with Crippen molar-refractivity contribution < 1.29 is 13.2 Å². The van der Waals surface area contributed by atoms with E-state index in [-0.39, 0.29) is 4.90 Å². The van der Waals surface area contributed by atoms with Gasteiger partial charge in [0.05, 0.1) is 5.69 Å². The van der Waals surface area contributed by atoms with Crippen molar-refractivity contribution in [3.63, 3.8) is 0 Å². The van der Waals surface area contributed by atoms with Crippen LogP contribution in [0.25, 0.3) is 5.82 Å². The number of halogens is 1. The third kappa shape index (κ3) is 4.75. The second-order valence-electron chi connectivity index (χ2n) is 6.72. The molecule has 0 aliphatic carbocycles. The molecule has 158 valence electrons. The summed E-state index contributed by atoms with van der Waals surface area (Å²) in [6, 6.07) is 16.8. The molecule has 8 nitrogen and oxygen atoms in total. The van der Waals surface area contributed by atoms with Crippen LogP contribution < -0.4 is 9.46 Å². The summed E-state index contributed by atoms with van der Waals surface area (Å²) >= 11 is 3.27. The van der Waals surface area contributed by atoms with E-state index < -0.39 is 10.0 Å². The van der Waals surface area contributed by atoms with Gasteiger partial charge in [0.25, 0.3) is 10.0 Å². The van der Waals surface area contributed by atoms with Crippen molar-refractivity contribution in [3.8, 4) is 17.4 Å². The number of nitrogens with zero attached hydrogens (tertiary/aromatic N) is 4. The summed E-state index contributed by atoms with van der Waals surface area (Å²) in [6.07, 6.45) is 1.40. The molecule has 4 rings (SSSR count). The summed E-state index contributed by atoms with van der Waals surface area (Å²) in [4.78, 5) is 8.54. The maximum Gasteiger partial charge on any atom is 0.263 e. The number of sulfonamides is 1. The molecule has 10 heteroatoms. The monoisotopic (exact) mass is 499 g/mol. The predicted molar refractivity (Wildman–Crippen MR) is 120 cm³/mol. The highest BCUT2D eigenvalue weighted by molar-refractivity contribution is 9.10. The lowest BCUT2D eigenvalue weighted by Crippen LogP contribution is -2.13. The molecule has 4 aromatic rings. The van der Waals surface area contributed by atoms with Crippen molar-refractivity contribution in [1.82, 2.24) is 19.7 Å². The Morgan fingerprint density at radius 1 is 1.00 bits per heavy atom. The van der Waals surface area contributed by atoms with Gasteiger partial charge in [-0.2, -0.15) is 5.10 Å². The Kier molecular flexibility index (Phi) is 5.75. The minimum absolute atomic E-state index is 0.160. The summed E-state index contributed by atoms with van der Waals surface area (Å²) in [5, 5.41) is 4.41. The lowest BCUT2D eigenvalue weighted by molar-refractivity contribution is 0.460. The fourth-order valence-corrected chi connectivity index (χ4v) is 5.01. The molecule has 0 aliphatic heterocycles. The van der Waals surface area contributed by atoms with Crippen LogP contribution in [0.2, 0.25) is 0 Å². The van der Waals surface area contributed by atoms with Crippen LogP contribution in [0.1, 0.15) is 11.4 Å². The molecule has 0 radical (unpaired) electrons. The highest BCUT2D eigenvalue weighted by atomic mass is 79.9. The molecule has 0 amide bonds. The van der Waals surface area contributed by atoms with E-state index in [4.69, 9.17) is 4.74 Å². The topological polar surface area (TPSA) is 99.0 Å². The zero-order valence-electron chi connectivity index (χ0n) is 16.7. The van der Waals surface area contributed by atoms with Crippen molar-refractivity contribution in [2.24, 2.45) is 0 Å². The maximum absolute atomic E-state index is 12.6. The summed E-state index contributed by atoms with van der Waals surface area (Å²) in [5.74, 6) is 1.44. The summed E-state index contributed by atoms with van der Waals surface area (Å²) in [6.45, 7) is 3.85. The van der Waals surface area contributed by atoms with Gasteiger partial charge in [0.15, 0.2) is 5.82 Å². The van der Waals surface area contributed by atoms with E-state index in [1.165, 1.54) is 12.4 Å². The van der Waals surface area contributed by atoms with Gasteiger partial charge < -0.3 is 4.74 Å². The molecule has 1 N–H and O–H groups in total. The molecular formula is C21H18BrN5O3S. The Hall–Kier alpha value is -3.24. The van der Waals surface area contributed by atoms with Crippen LogP contribution in [-0.2, 0) is 10.0 Å². The number of rotatable bonds is 6. The van der Waals surface area contributed by atoms with E-state index in [1.54, 1.807) is 53.2 Å². The number of aryl methyl sites for hydroxylation is 2. The van der Waals surface area contributed by atoms with Gasteiger partial charge in [0.2, 0.25) is 5.88 Å². The molecule has 0 atom stereocenters. The molecule has 0 fully saturated rings. The zero-order valence-corrected chi connectivity index (χ0v) is 19.1. The Morgan fingerprint density at radius 2 is 1.74 bits per heavy atom. The first-order chi connectivity index (χ1) is 14.8. The first-order valence-electron chi connectivity index (χ1n) is 9.23. The van der Waals surface area contributed by atoms with Gasteiger partial charge in [0.1, 0.15) is 17.0 Å². The average molecular weight is 500 g/mol. The van der Waals surface area contributed by atoms with E-state index >= 15 is 0 Å². The van der Waals surface area contributed by atoms with E-state index in [0.29, 0.717) is 27.6 Å². The molecule has 2 aromatic heterocycles. The first-order valence-corrected chi connectivity index (χ1v) is 11.5. The third-order valence-corrected chi connectivity index (χ3v) is 6.70. The van der Waals surface area contributed by atoms with E-state index in [9.17, 15) is 8.42 Å². The largest absolute Gasteiger partial charge is 0.439 e. The van der Waals surface area contributed by atoms with Crippen LogP contribution >= 0.6 is 15.9 Å². The quantitative estimate of drug-likeness (QED) is 0.415. The number of benzene rings is 2. The predicted octanol–water partition coefficient (Wildman–Crippen LogP) is 4.63. The van der Waals surface area contributed by atoms with E-state index in [0.717, 1.165) is 11.4 Å². The van der Waals surface area contributed by atoms with Crippen LogP contribution in [0.5, 0.6) is 11.6 Å². The molecule has 0 bridgehead atoms. The van der Waals surface area contributed by atoms with Gasteiger partial charge in [0, 0.05) is 21.9 Å². The van der Waals surface area contributed by atoms with Crippen LogP contribution in [0, 0.1) is 13.8 Å². The van der Waals surface area contributed by atoms with Gasteiger partial charge in [-0.05, 0) is 72.2 Å². The summed E-state index contributed by atoms with van der Waals surface area (Å²) in [7, 11) is -3.72. The smallest absolute Gasteiger partial charge is 0.263 e. The van der Waals surface area contributed by atoms with Crippen LogP contribution in [0.3, 0.4) is 0 Å². The van der Waals surface area contributed by atoms with Crippen molar-refractivity contribution >= 4 is 31.6 Å². The van der Waals surface area contributed by atoms with Gasteiger partial charge in [-0.25, -0.2) is 23.1 Å². The number of nitrogens with one attached hydrogen (secondary N) is 1. The minimum Gasteiger partial charge on any atom is -0.439 e. The molecule has 31 heavy (non-hydrogen) atoms. The number of hydrogen-bond acceptors (Lipinski definition) is 6. The Morgan fingerprint density at radius 3 is 2.42 bits per heavy atom. The average Bonchev–Trinajstić information content (AvgIpc) is 3.08. The zero-order chi connectivity index (χ0) is 22.0. The van der Waals surface area contributed by atoms with E-state index in [2.05, 4.69) is 35.7 Å². The Balaban J connectivity index is 1.50. The van der Waals surface area contributed by atoms with Crippen molar-refractivity contribution in [1.29, 1.82) is 0 Å². The second kappa shape index (κ2) is 8.48. The van der Waals surface area contributed by atoms with Crippen LogP contribution in [0.15, 0.2) is 76.4 Å². The fourth-order valence-electron chi connectivity index (χ4n) is 2.95. The number of aromatic nitrogens is 4. The second-order valence-corrected chi connectivity index (χ2v) is 9.22. The molecule has 0 aliphatic rings. The molecular weight excluding hydrogens is 482 g/mol. The molecule has 0 spiro atoms. The lowest BCUT2D eigenvalue weighted by atomic mass is 10.3. The molecule has 0 saturated heterocycles. The first kappa shape index (κ1) is 21.0. The van der Waals surface area contributed by atoms with Gasteiger partial charge >= 0.3 is 0 Å². The Labute approximate surface area is 188 Å². The third-order valence-electron chi connectivity index (χ3n) is 4.31. The normalized spacial score (nSPS) is 11.3. The minimum atomic E-state index is -3.72. The van der Waals surface area contributed by atoms with E-state index in [1.807, 2.05) is 19.9 Å². The molecule has 0 saturated carbocycles. The van der Waals surface area contributed by atoms with Gasteiger partial charge in [-0.15, -0.1) is 0 Å². The standard InChI is InChI=1S/C21H18BrN5O3S/c1-14-11-15(2)27(25-14)20-12-21(24-13-23-20)30-17-9-7-16(8-10-17)26-31(28,29)19-6-4-3-5-18(19)22/h3-13,26H,1-2H3. The van der Waals surface area contributed by atoms with Gasteiger partial charge in [-0.1, -0.05) is 12.1 Å². The van der Waals surface area contributed by atoms with Crippen molar-refractivity contribution in [2.45, 2.75) is 18.7 Å². The number of hydrogen-bond donors (Lipinski definition) is 1. The number of ether oxygens (including phenoxy) is 1. The van der Waals surface area contributed by atoms with Crippen LogP contribution in [0.4, 0.5) is 5.69 Å². The molecule has 0 unspecified atom stereocenters. The van der Waals surface area contributed by atoms with Crippen LogP contribution in [-0.4, -0.2) is 28.2 Å².